The van der Waals surface area contributed by atoms with E-state index in [4.69, 9.17) is 10.6 Å². The molecule has 0 aromatic heterocycles. The molecule has 2 saturated carbocycles. The van der Waals surface area contributed by atoms with Gasteiger partial charge in [-0.15, -0.1) is 10.1 Å². The van der Waals surface area contributed by atoms with Crippen LogP contribution in [0.4, 0.5) is 0 Å². The topological polar surface area (TPSA) is 78.4 Å². The van der Waals surface area contributed by atoms with Gasteiger partial charge < -0.3 is 10.6 Å². The first-order valence-electron chi connectivity index (χ1n) is 7.24. The van der Waals surface area contributed by atoms with E-state index < -0.39 is 5.09 Å². The van der Waals surface area contributed by atoms with Crippen LogP contribution in [-0.4, -0.2) is 17.7 Å². The van der Waals surface area contributed by atoms with E-state index in [0.717, 1.165) is 32.1 Å². The molecule has 0 spiro atoms. The van der Waals surface area contributed by atoms with Crippen LogP contribution >= 0.6 is 0 Å². The van der Waals surface area contributed by atoms with Gasteiger partial charge in [-0.05, 0) is 61.8 Å². The van der Waals surface area contributed by atoms with Crippen molar-refractivity contribution < 1.29 is 9.92 Å². The number of nitrogens with two attached hydrogens (primary N) is 1. The Hall–Kier alpha value is -0.840. The summed E-state index contributed by atoms with van der Waals surface area (Å²) in [4.78, 5) is 15.6. The second kappa shape index (κ2) is 4.62. The van der Waals surface area contributed by atoms with Crippen molar-refractivity contribution in [2.75, 3.05) is 6.54 Å². The van der Waals surface area contributed by atoms with Crippen LogP contribution in [0.1, 0.15) is 59.3 Å². The molecule has 2 rings (SSSR count). The Balaban J connectivity index is 2.28. The van der Waals surface area contributed by atoms with Gasteiger partial charge in [0.25, 0.3) is 5.09 Å². The minimum Gasteiger partial charge on any atom is -0.330 e. The van der Waals surface area contributed by atoms with Gasteiger partial charge in [-0.3, -0.25) is 0 Å². The number of hydrogen-bond acceptors (Lipinski definition) is 4. The minimum atomic E-state index is -0.639. The van der Waals surface area contributed by atoms with Gasteiger partial charge in [-0.1, -0.05) is 20.3 Å². The van der Waals surface area contributed by atoms with E-state index in [-0.39, 0.29) is 22.3 Å². The highest BCUT2D eigenvalue weighted by molar-refractivity contribution is 5.05. The van der Waals surface area contributed by atoms with Gasteiger partial charge in [0.2, 0.25) is 0 Å². The first-order valence-corrected chi connectivity index (χ1v) is 7.24. The summed E-state index contributed by atoms with van der Waals surface area (Å²) in [5.41, 5.74) is 6.26. The molecule has 0 radical (unpaired) electrons. The quantitative estimate of drug-likeness (QED) is 0.629. The molecule has 2 N–H and O–H groups in total. The van der Waals surface area contributed by atoms with Gasteiger partial charge >= 0.3 is 0 Å². The van der Waals surface area contributed by atoms with Gasteiger partial charge in [0.05, 0.1) is 0 Å². The molecule has 2 fully saturated rings. The Morgan fingerprint density at radius 3 is 2.58 bits per heavy atom. The molecule has 2 aliphatic carbocycles. The standard InChI is InChI=1S/C14H26N2O3/c1-11(19-16(17)18)14-6-4-5-12(2,8-14)7-13(3,9-14)10-15/h11H,4-10,15H2,1-3H3. The fraction of sp³-hybridized carbons (Fsp3) is 1.00. The molecule has 0 amide bonds. The van der Waals surface area contributed by atoms with Crippen LogP contribution in [0.25, 0.3) is 0 Å². The van der Waals surface area contributed by atoms with Crippen molar-refractivity contribution >= 4 is 0 Å². The molecule has 2 aliphatic rings. The van der Waals surface area contributed by atoms with E-state index >= 15 is 0 Å². The number of nitrogens with zero attached hydrogens (tertiary/aromatic N) is 1. The highest BCUT2D eigenvalue weighted by atomic mass is 17.0. The molecule has 4 atom stereocenters. The van der Waals surface area contributed by atoms with Crippen LogP contribution in [0.5, 0.6) is 0 Å². The monoisotopic (exact) mass is 270 g/mol. The molecular weight excluding hydrogens is 244 g/mol. The summed E-state index contributed by atoms with van der Waals surface area (Å²) in [7, 11) is 0. The summed E-state index contributed by atoms with van der Waals surface area (Å²) in [6.45, 7) is 7.04. The predicted octanol–water partition coefficient (Wildman–Crippen LogP) is 2.91. The lowest BCUT2D eigenvalue weighted by Gasteiger charge is -2.59. The fourth-order valence-corrected chi connectivity index (χ4v) is 5.01. The average Bonchev–Trinajstić information content (AvgIpc) is 2.26. The van der Waals surface area contributed by atoms with Crippen molar-refractivity contribution in [1.29, 1.82) is 0 Å². The first-order chi connectivity index (χ1) is 8.73. The van der Waals surface area contributed by atoms with Crippen LogP contribution in [-0.2, 0) is 4.84 Å². The zero-order valence-electron chi connectivity index (χ0n) is 12.3. The predicted molar refractivity (Wildman–Crippen MR) is 72.9 cm³/mol. The Morgan fingerprint density at radius 1 is 1.32 bits per heavy atom. The zero-order valence-corrected chi connectivity index (χ0v) is 12.3. The normalized spacial score (nSPS) is 43.6. The van der Waals surface area contributed by atoms with Crippen LogP contribution in [0, 0.1) is 26.4 Å². The molecule has 0 aliphatic heterocycles. The molecule has 19 heavy (non-hydrogen) atoms. The zero-order chi connectivity index (χ0) is 14.3. The highest BCUT2D eigenvalue weighted by Gasteiger charge is 2.55. The van der Waals surface area contributed by atoms with Crippen molar-refractivity contribution in [1.82, 2.24) is 0 Å². The third kappa shape index (κ3) is 2.71. The van der Waals surface area contributed by atoms with Crippen molar-refractivity contribution in [3.63, 3.8) is 0 Å². The molecule has 4 unspecified atom stereocenters. The summed E-state index contributed by atoms with van der Waals surface area (Å²) in [5, 5.41) is 10.0. The largest absolute Gasteiger partial charge is 0.330 e. The van der Waals surface area contributed by atoms with Crippen LogP contribution in [0.15, 0.2) is 0 Å². The fourth-order valence-electron chi connectivity index (χ4n) is 5.01. The van der Waals surface area contributed by atoms with Crippen LogP contribution in [0.2, 0.25) is 0 Å². The summed E-state index contributed by atoms with van der Waals surface area (Å²) >= 11 is 0. The lowest BCUT2D eigenvalue weighted by atomic mass is 9.47. The molecular formula is C14H26N2O3. The lowest BCUT2D eigenvalue weighted by Crippen LogP contribution is -2.53. The summed E-state index contributed by atoms with van der Waals surface area (Å²) in [6, 6.07) is 0. The maximum atomic E-state index is 10.7. The molecule has 5 heteroatoms. The van der Waals surface area contributed by atoms with E-state index in [1.807, 2.05) is 6.92 Å². The smallest absolute Gasteiger partial charge is 0.294 e. The van der Waals surface area contributed by atoms with Crippen LogP contribution < -0.4 is 5.73 Å². The van der Waals surface area contributed by atoms with E-state index in [1.54, 1.807) is 0 Å². The summed E-state index contributed by atoms with van der Waals surface area (Å²) in [6.07, 6.45) is 6.13. The van der Waals surface area contributed by atoms with Crippen molar-refractivity contribution in [3.8, 4) is 0 Å². The third-order valence-corrected chi connectivity index (χ3v) is 5.47. The third-order valence-electron chi connectivity index (χ3n) is 5.47. The maximum absolute atomic E-state index is 10.7. The van der Waals surface area contributed by atoms with Crippen molar-refractivity contribution in [3.05, 3.63) is 10.1 Å². The molecule has 0 heterocycles. The molecule has 0 aromatic carbocycles. The summed E-state index contributed by atoms with van der Waals surface area (Å²) in [5.74, 6) is 0. The van der Waals surface area contributed by atoms with Gasteiger partial charge in [-0.2, -0.15) is 0 Å². The molecule has 110 valence electrons. The van der Waals surface area contributed by atoms with Crippen molar-refractivity contribution in [2.45, 2.75) is 65.4 Å². The van der Waals surface area contributed by atoms with E-state index in [0.29, 0.717) is 6.54 Å². The SMILES string of the molecule is CC(O[N+](=O)[O-])C12CCCC(C)(CC(C)(CN)C1)C2. The van der Waals surface area contributed by atoms with E-state index in [9.17, 15) is 10.1 Å². The Kier molecular flexibility index (Phi) is 3.54. The minimum absolute atomic E-state index is 0.0769. The van der Waals surface area contributed by atoms with Crippen LogP contribution in [0.3, 0.4) is 0 Å². The second-order valence-electron chi connectivity index (χ2n) is 7.54. The Morgan fingerprint density at radius 2 is 2.00 bits per heavy atom. The maximum Gasteiger partial charge on any atom is 0.294 e. The highest BCUT2D eigenvalue weighted by Crippen LogP contribution is 2.62. The van der Waals surface area contributed by atoms with Gasteiger partial charge in [0, 0.05) is 0 Å². The lowest BCUT2D eigenvalue weighted by molar-refractivity contribution is -0.772. The first kappa shape index (κ1) is 14.6. The number of fused-ring (bicyclic) bond motifs is 2. The molecule has 0 saturated heterocycles. The van der Waals surface area contributed by atoms with E-state index in [1.165, 1.54) is 6.42 Å². The Labute approximate surface area is 115 Å². The number of hydrogen-bond donors (Lipinski definition) is 1. The van der Waals surface area contributed by atoms with Crippen molar-refractivity contribution in [2.24, 2.45) is 22.0 Å². The van der Waals surface area contributed by atoms with E-state index in [2.05, 4.69) is 13.8 Å². The van der Waals surface area contributed by atoms with Gasteiger partial charge in [0.15, 0.2) is 0 Å². The molecule has 5 nitrogen and oxygen atoms in total. The second-order valence-corrected chi connectivity index (χ2v) is 7.54. The Bertz CT molecular complexity index is 374. The number of rotatable bonds is 4. The average molecular weight is 270 g/mol. The van der Waals surface area contributed by atoms with Gasteiger partial charge in [-0.25, -0.2) is 0 Å². The van der Waals surface area contributed by atoms with Gasteiger partial charge in [0.1, 0.15) is 6.10 Å². The molecule has 2 bridgehead atoms. The summed E-state index contributed by atoms with van der Waals surface area (Å²) < 4.78 is 0. The molecule has 0 aromatic rings.